The lowest BCUT2D eigenvalue weighted by atomic mass is 9.94. The lowest BCUT2D eigenvalue weighted by Gasteiger charge is -2.38. The van der Waals surface area contributed by atoms with Gasteiger partial charge in [-0.2, -0.15) is 5.10 Å². The first-order valence-electron chi connectivity index (χ1n) is 25.7. The largest absolute Gasteiger partial charge is 0.494 e. The van der Waals surface area contributed by atoms with Gasteiger partial charge in [0, 0.05) is 124 Å². The number of piperidine rings is 1. The molecule has 79 heavy (non-hydrogen) atoms. The second-order valence-electron chi connectivity index (χ2n) is 19.1. The topological polar surface area (TPSA) is 316 Å². The van der Waals surface area contributed by atoms with E-state index < -0.39 is 35.6 Å². The molecule has 1 unspecified atom stereocenters. The summed E-state index contributed by atoms with van der Waals surface area (Å²) < 4.78 is 12.8. The molecule has 3 aromatic heterocycles. The van der Waals surface area contributed by atoms with E-state index in [0.29, 0.717) is 77.5 Å². The zero-order valence-corrected chi connectivity index (χ0v) is 43.4. The number of rotatable bonds is 23. The number of benzene rings is 2. The molecule has 6 N–H and O–H groups in total. The molecule has 7 heterocycles. The van der Waals surface area contributed by atoms with Gasteiger partial charge in [0.1, 0.15) is 24.0 Å². The molecule has 0 radical (unpaired) electrons. The number of piperazine rings is 1. The van der Waals surface area contributed by atoms with Crippen molar-refractivity contribution in [3.8, 4) is 17.1 Å². The summed E-state index contributed by atoms with van der Waals surface area (Å²) in [6.45, 7) is 2.06. The fraction of sp³-hybridized carbons (Fsp3) is 0.352. The predicted octanol–water partition coefficient (Wildman–Crippen LogP) is 2.39. The van der Waals surface area contributed by atoms with Gasteiger partial charge in [-0.3, -0.25) is 58.0 Å². The van der Waals surface area contributed by atoms with Crippen LogP contribution in [-0.4, -0.2) is 158 Å². The van der Waals surface area contributed by atoms with E-state index in [-0.39, 0.29) is 106 Å². The molecule has 410 valence electrons. The van der Waals surface area contributed by atoms with Crippen molar-refractivity contribution >= 4 is 81.7 Å². The number of Topliss-reactive ketones (excluding diaryl/α,β-unsaturated/α-hetero) is 1. The molecule has 2 atom stereocenters. The number of hydrogen-bond donors (Lipinski definition) is 5. The van der Waals surface area contributed by atoms with Crippen molar-refractivity contribution in [3.63, 3.8) is 0 Å². The number of primary amides is 1. The molecule has 2 saturated heterocycles. The third-order valence-electron chi connectivity index (χ3n) is 14.0. The number of para-hydroxylation sites is 1. The van der Waals surface area contributed by atoms with Crippen molar-refractivity contribution in [2.75, 3.05) is 75.1 Å². The Kier molecular flexibility index (Phi) is 16.7. The summed E-state index contributed by atoms with van der Waals surface area (Å²) >= 11 is 0. The van der Waals surface area contributed by atoms with Crippen LogP contribution in [0.2, 0.25) is 0 Å². The molecule has 4 aliphatic heterocycles. The molecule has 2 aromatic carbocycles. The number of ether oxygens (including phenoxy) is 2. The van der Waals surface area contributed by atoms with Gasteiger partial charge >= 0.3 is 0 Å². The average molecular weight is 1080 g/mol. The minimum atomic E-state index is -0.757. The number of aromatic nitrogens is 5. The molecule has 0 saturated carbocycles. The van der Waals surface area contributed by atoms with Crippen molar-refractivity contribution in [1.82, 2.24) is 50.1 Å². The summed E-state index contributed by atoms with van der Waals surface area (Å²) in [4.78, 5) is 135. The standard InChI is InChI=1S/C54H58N14O11/c1-64-31-59-51(63-64)35-6-3-7-38(49(35)78-2)60-39-27-44(58-29-36(39)50(55)74)61-43-13-10-33(28-57-43)42(69)12-9-32(17-19-56-45(70)18-25-79-26-24-67-47(72)15-16-48(67)73)53(76)66-22-20-65(21-23-66)40-8-4-5-34-37(40)30-68(54(34)77)41-11-14-46(71)62-52(41)75/h3-8,10,13,15-16,27-29,31-32,41H,9,11-12,14,17-26,30H2,1-2H3,(H2,55,74)(H,56,70)(H,62,71,75)(H2,57,58,60,61)/t32-,41?/m0/s1. The molecule has 0 spiro atoms. The Morgan fingerprint density at radius 1 is 0.835 bits per heavy atom. The fourth-order valence-electron chi connectivity index (χ4n) is 9.91. The molecule has 0 bridgehead atoms. The van der Waals surface area contributed by atoms with Gasteiger partial charge in [0.15, 0.2) is 17.4 Å². The first kappa shape index (κ1) is 54.4. The van der Waals surface area contributed by atoms with E-state index in [9.17, 15) is 43.2 Å². The third-order valence-corrected chi connectivity index (χ3v) is 14.0. The maximum absolute atomic E-state index is 14.4. The maximum Gasteiger partial charge on any atom is 0.255 e. The van der Waals surface area contributed by atoms with Crippen LogP contribution < -0.4 is 36.6 Å². The van der Waals surface area contributed by atoms with Gasteiger partial charge in [0.25, 0.3) is 23.6 Å². The Morgan fingerprint density at radius 2 is 1.59 bits per heavy atom. The second-order valence-corrected chi connectivity index (χ2v) is 19.1. The third kappa shape index (κ3) is 12.6. The van der Waals surface area contributed by atoms with Crippen LogP contribution in [0.5, 0.6) is 5.75 Å². The lowest BCUT2D eigenvalue weighted by Crippen LogP contribution is -2.52. The number of nitrogens with zero attached hydrogens (tertiary/aromatic N) is 9. The first-order chi connectivity index (χ1) is 38.1. The number of carbonyl (C=O) groups excluding carboxylic acids is 9. The lowest BCUT2D eigenvalue weighted by molar-refractivity contribution is -0.138. The van der Waals surface area contributed by atoms with Gasteiger partial charge in [-0.25, -0.2) is 15.0 Å². The molecule has 2 fully saturated rings. The van der Waals surface area contributed by atoms with Gasteiger partial charge in [0.2, 0.25) is 23.6 Å². The highest BCUT2D eigenvalue weighted by Gasteiger charge is 2.41. The van der Waals surface area contributed by atoms with Crippen LogP contribution in [0.3, 0.4) is 0 Å². The highest BCUT2D eigenvalue weighted by molar-refractivity contribution is 6.13. The van der Waals surface area contributed by atoms with Crippen molar-refractivity contribution in [3.05, 3.63) is 108 Å². The smallest absolute Gasteiger partial charge is 0.255 e. The Hall–Kier alpha value is -9.39. The Morgan fingerprint density at radius 3 is 2.30 bits per heavy atom. The molecular formula is C54H58N14O11. The van der Waals surface area contributed by atoms with Gasteiger partial charge in [-0.1, -0.05) is 12.1 Å². The maximum atomic E-state index is 14.4. The number of nitrogens with one attached hydrogen (secondary N) is 4. The normalized spacial score (nSPS) is 16.5. The highest BCUT2D eigenvalue weighted by Crippen LogP contribution is 2.38. The van der Waals surface area contributed by atoms with Crippen LogP contribution in [0.1, 0.15) is 75.2 Å². The van der Waals surface area contributed by atoms with E-state index in [1.165, 1.54) is 36.6 Å². The monoisotopic (exact) mass is 1080 g/mol. The first-order valence-corrected chi connectivity index (χ1v) is 25.7. The van der Waals surface area contributed by atoms with E-state index >= 15 is 0 Å². The second kappa shape index (κ2) is 24.3. The number of aryl methyl sites for hydroxylation is 1. The van der Waals surface area contributed by atoms with Crippen molar-refractivity contribution < 1.29 is 52.6 Å². The van der Waals surface area contributed by atoms with Gasteiger partial charge in [-0.05, 0) is 55.7 Å². The summed E-state index contributed by atoms with van der Waals surface area (Å²) in [5.74, 6) is -2.63. The molecular weight excluding hydrogens is 1020 g/mol. The van der Waals surface area contributed by atoms with Gasteiger partial charge in [0.05, 0.1) is 49.4 Å². The number of anilines is 5. The van der Waals surface area contributed by atoms with Gasteiger partial charge in [-0.15, -0.1) is 0 Å². The summed E-state index contributed by atoms with van der Waals surface area (Å²) in [5.41, 5.74) is 9.66. The zero-order valence-electron chi connectivity index (χ0n) is 43.4. The number of nitrogens with two attached hydrogens (primary N) is 1. The summed E-state index contributed by atoms with van der Waals surface area (Å²) in [5, 5.41) is 15.9. The highest BCUT2D eigenvalue weighted by atomic mass is 16.5. The quantitative estimate of drug-likeness (QED) is 0.0356. The van der Waals surface area contributed by atoms with E-state index in [1.807, 2.05) is 6.07 Å². The number of methoxy groups -OCH3 is 1. The van der Waals surface area contributed by atoms with Crippen molar-refractivity contribution in [2.24, 2.45) is 18.7 Å². The minimum absolute atomic E-state index is 0.00101. The van der Waals surface area contributed by atoms with E-state index in [1.54, 1.807) is 71.5 Å². The van der Waals surface area contributed by atoms with Crippen LogP contribution in [0, 0.1) is 5.92 Å². The molecule has 4 aliphatic rings. The number of carbonyl (C=O) groups is 9. The molecule has 25 nitrogen and oxygen atoms in total. The Labute approximate surface area is 452 Å². The molecule has 8 amide bonds. The Balaban J connectivity index is 0.825. The Bertz CT molecular complexity index is 3230. The summed E-state index contributed by atoms with van der Waals surface area (Å²) in [6, 6.07) is 14.8. The molecule has 25 heteroatoms. The number of pyridine rings is 2. The van der Waals surface area contributed by atoms with Crippen LogP contribution in [0.15, 0.2) is 85.5 Å². The van der Waals surface area contributed by atoms with Crippen LogP contribution in [0.4, 0.5) is 28.7 Å². The molecule has 5 aromatic rings. The van der Waals surface area contributed by atoms with Crippen molar-refractivity contribution in [1.29, 1.82) is 0 Å². The van der Waals surface area contributed by atoms with Crippen molar-refractivity contribution in [2.45, 2.75) is 51.1 Å². The number of imide groups is 2. The molecule has 0 aliphatic carbocycles. The van der Waals surface area contributed by atoms with Gasteiger partial charge < -0.3 is 45.9 Å². The number of amides is 8. The van der Waals surface area contributed by atoms with Crippen LogP contribution in [-0.2, 0) is 47.1 Å². The molecule has 9 rings (SSSR count). The average Bonchev–Trinajstić information content (AvgIpc) is 4.36. The number of fused-ring (bicyclic) bond motifs is 1. The zero-order chi connectivity index (χ0) is 55.7. The van der Waals surface area contributed by atoms with Crippen LogP contribution >= 0.6 is 0 Å². The summed E-state index contributed by atoms with van der Waals surface area (Å²) in [7, 11) is 3.26. The minimum Gasteiger partial charge on any atom is -0.494 e. The van der Waals surface area contributed by atoms with E-state index in [4.69, 9.17) is 15.2 Å². The SMILES string of the molecule is COc1c(Nc2cc(Nc3ccc(C(=O)CC[C@@H](CCNC(=O)CCOCCN4C(=O)C=CC4=O)C(=O)N4CCN(c5cccc6c5CN(C5CCC(=O)NC5=O)C6=O)CC4)cn3)ncc2C(N)=O)cccc1-c1ncn(C)n1. The predicted molar refractivity (Wildman–Crippen MR) is 284 cm³/mol. The van der Waals surface area contributed by atoms with E-state index in [2.05, 4.69) is 46.2 Å². The van der Waals surface area contributed by atoms with Crippen LogP contribution in [0.25, 0.3) is 11.4 Å². The fourth-order valence-corrected chi connectivity index (χ4v) is 9.91. The van der Waals surface area contributed by atoms with E-state index in [0.717, 1.165) is 16.2 Å². The number of hydrogen-bond acceptors (Lipinski definition) is 18. The number of ketones is 1. The summed E-state index contributed by atoms with van der Waals surface area (Å²) in [6.07, 6.45) is 7.45.